The van der Waals surface area contributed by atoms with Crippen LogP contribution in [0.4, 0.5) is 10.5 Å². The zero-order valence-corrected chi connectivity index (χ0v) is 8.67. The second-order valence-corrected chi connectivity index (χ2v) is 3.59. The Kier molecular flexibility index (Phi) is 2.76. The minimum atomic E-state index is -0.983. The fraction of sp³-hybridized carbons (Fsp3) is 0.273. The Balaban J connectivity index is 2.11. The predicted molar refractivity (Wildman–Crippen MR) is 58.4 cm³/mol. The zero-order valence-electron chi connectivity index (χ0n) is 8.67. The van der Waals surface area contributed by atoms with Crippen LogP contribution in [-0.2, 0) is 4.79 Å². The molecule has 1 aromatic carbocycles. The van der Waals surface area contributed by atoms with Crippen LogP contribution in [0.3, 0.4) is 0 Å². The van der Waals surface area contributed by atoms with Crippen LogP contribution < -0.4 is 4.90 Å². The van der Waals surface area contributed by atoms with Crippen molar-refractivity contribution in [2.45, 2.75) is 0 Å². The highest BCUT2D eigenvalue weighted by molar-refractivity contribution is 5.95. The summed E-state index contributed by atoms with van der Waals surface area (Å²) in [5, 5.41) is 8.64. The maximum absolute atomic E-state index is 11.8. The van der Waals surface area contributed by atoms with Crippen molar-refractivity contribution in [2.75, 3.05) is 24.5 Å². The minimum Gasteiger partial charge on any atom is -0.480 e. The molecule has 2 rings (SSSR count). The number of aliphatic carboxylic acids is 1. The molecule has 1 heterocycles. The van der Waals surface area contributed by atoms with Gasteiger partial charge in [-0.05, 0) is 12.1 Å². The van der Waals surface area contributed by atoms with Gasteiger partial charge in [0.2, 0.25) is 0 Å². The molecule has 0 bridgehead atoms. The van der Waals surface area contributed by atoms with Crippen LogP contribution in [0.5, 0.6) is 0 Å². The molecular formula is C11H12N2O3. The second-order valence-electron chi connectivity index (χ2n) is 3.59. The number of hydrogen-bond donors (Lipinski definition) is 1. The van der Waals surface area contributed by atoms with E-state index in [1.54, 1.807) is 4.90 Å². The summed E-state index contributed by atoms with van der Waals surface area (Å²) in [6, 6.07) is 9.00. The topological polar surface area (TPSA) is 60.9 Å². The minimum absolute atomic E-state index is 0.234. The molecule has 1 fully saturated rings. The predicted octanol–water partition coefficient (Wildman–Crippen LogP) is 1.01. The number of urea groups is 1. The maximum Gasteiger partial charge on any atom is 0.325 e. The van der Waals surface area contributed by atoms with E-state index in [0.29, 0.717) is 13.1 Å². The molecule has 5 nitrogen and oxygen atoms in total. The summed E-state index contributed by atoms with van der Waals surface area (Å²) in [5.41, 5.74) is 0.806. The summed E-state index contributed by atoms with van der Waals surface area (Å²) in [6.07, 6.45) is 0. The number of amides is 2. The van der Waals surface area contributed by atoms with Crippen molar-refractivity contribution in [3.8, 4) is 0 Å². The van der Waals surface area contributed by atoms with E-state index >= 15 is 0 Å². The Morgan fingerprint density at radius 3 is 2.56 bits per heavy atom. The maximum atomic E-state index is 11.8. The van der Waals surface area contributed by atoms with Gasteiger partial charge in [-0.15, -0.1) is 0 Å². The molecule has 0 unspecified atom stereocenters. The van der Waals surface area contributed by atoms with Gasteiger partial charge in [-0.25, -0.2) is 4.79 Å². The molecule has 0 aromatic heterocycles. The Morgan fingerprint density at radius 1 is 1.25 bits per heavy atom. The number of carbonyl (C=O) groups is 2. The molecule has 1 aliphatic heterocycles. The molecule has 0 atom stereocenters. The monoisotopic (exact) mass is 220 g/mol. The fourth-order valence-electron chi connectivity index (χ4n) is 1.74. The first-order chi connectivity index (χ1) is 7.68. The van der Waals surface area contributed by atoms with Crippen molar-refractivity contribution in [3.63, 3.8) is 0 Å². The van der Waals surface area contributed by atoms with Gasteiger partial charge in [0.25, 0.3) is 0 Å². The summed E-state index contributed by atoms with van der Waals surface area (Å²) in [4.78, 5) is 25.3. The van der Waals surface area contributed by atoms with Gasteiger partial charge in [-0.2, -0.15) is 0 Å². The molecule has 16 heavy (non-hydrogen) atoms. The van der Waals surface area contributed by atoms with E-state index in [9.17, 15) is 9.59 Å². The van der Waals surface area contributed by atoms with Gasteiger partial charge in [0, 0.05) is 18.8 Å². The summed E-state index contributed by atoms with van der Waals surface area (Å²) in [5.74, 6) is -0.983. The number of carboxylic acid groups (broad SMARTS) is 1. The zero-order chi connectivity index (χ0) is 11.5. The van der Waals surface area contributed by atoms with Crippen LogP contribution in [0.1, 0.15) is 0 Å². The Hall–Kier alpha value is -2.04. The Labute approximate surface area is 92.9 Å². The van der Waals surface area contributed by atoms with Crippen LogP contribution in [0.25, 0.3) is 0 Å². The van der Waals surface area contributed by atoms with Gasteiger partial charge < -0.3 is 10.0 Å². The lowest BCUT2D eigenvalue weighted by Crippen LogP contribution is -2.35. The van der Waals surface area contributed by atoms with Gasteiger partial charge in [0.15, 0.2) is 0 Å². The summed E-state index contributed by atoms with van der Waals surface area (Å²) in [6.45, 7) is 0.762. The average Bonchev–Trinajstić information content (AvgIpc) is 2.61. The first-order valence-corrected chi connectivity index (χ1v) is 5.02. The lowest BCUT2D eigenvalue weighted by Gasteiger charge is -2.17. The molecule has 5 heteroatoms. The highest BCUT2D eigenvalue weighted by atomic mass is 16.4. The number of rotatable bonds is 3. The molecule has 0 aliphatic carbocycles. The summed E-state index contributed by atoms with van der Waals surface area (Å²) >= 11 is 0. The number of hydrogen-bond acceptors (Lipinski definition) is 2. The lowest BCUT2D eigenvalue weighted by molar-refractivity contribution is -0.137. The quantitative estimate of drug-likeness (QED) is 0.827. The fourth-order valence-corrected chi connectivity index (χ4v) is 1.74. The molecule has 1 saturated heterocycles. The van der Waals surface area contributed by atoms with Gasteiger partial charge in [0.05, 0.1) is 0 Å². The van der Waals surface area contributed by atoms with Gasteiger partial charge >= 0.3 is 12.0 Å². The van der Waals surface area contributed by atoms with Crippen LogP contribution in [0.2, 0.25) is 0 Å². The summed E-state index contributed by atoms with van der Waals surface area (Å²) < 4.78 is 0. The third kappa shape index (κ3) is 1.98. The molecule has 84 valence electrons. The molecule has 0 radical (unpaired) electrons. The largest absolute Gasteiger partial charge is 0.480 e. The van der Waals surface area contributed by atoms with Crippen molar-refractivity contribution in [1.82, 2.24) is 4.90 Å². The SMILES string of the molecule is O=C(O)CN1CCN(c2ccccc2)C1=O. The third-order valence-electron chi connectivity index (χ3n) is 2.49. The molecule has 2 amide bonds. The molecule has 0 saturated carbocycles. The Bertz CT molecular complexity index is 405. The number of carbonyl (C=O) groups excluding carboxylic acids is 1. The summed E-state index contributed by atoms with van der Waals surface area (Å²) in [7, 11) is 0. The number of carboxylic acids is 1. The van der Waals surface area contributed by atoms with Gasteiger partial charge in [-0.3, -0.25) is 9.69 Å². The number of anilines is 1. The smallest absolute Gasteiger partial charge is 0.325 e. The second kappa shape index (κ2) is 4.22. The Morgan fingerprint density at radius 2 is 1.94 bits per heavy atom. The third-order valence-corrected chi connectivity index (χ3v) is 2.49. The standard InChI is InChI=1S/C11H12N2O3/c14-10(15)8-12-6-7-13(11(12)16)9-4-2-1-3-5-9/h1-5H,6-8H2,(H,14,15). The highest BCUT2D eigenvalue weighted by Gasteiger charge is 2.30. The molecule has 1 N–H and O–H groups in total. The van der Waals surface area contributed by atoms with E-state index in [0.717, 1.165) is 5.69 Å². The van der Waals surface area contributed by atoms with Crippen LogP contribution in [0, 0.1) is 0 Å². The number of benzene rings is 1. The molecule has 0 spiro atoms. The van der Waals surface area contributed by atoms with Gasteiger partial charge in [0.1, 0.15) is 6.54 Å². The van der Waals surface area contributed by atoms with Gasteiger partial charge in [-0.1, -0.05) is 18.2 Å². The van der Waals surface area contributed by atoms with E-state index in [1.165, 1.54) is 4.90 Å². The molecule has 1 aromatic rings. The van der Waals surface area contributed by atoms with E-state index in [1.807, 2.05) is 30.3 Å². The van der Waals surface area contributed by atoms with Crippen molar-refractivity contribution < 1.29 is 14.7 Å². The normalized spacial score (nSPS) is 15.6. The van der Waals surface area contributed by atoms with E-state index in [2.05, 4.69) is 0 Å². The van der Waals surface area contributed by atoms with E-state index in [-0.39, 0.29) is 12.6 Å². The first kappa shape index (κ1) is 10.5. The molecular weight excluding hydrogens is 208 g/mol. The van der Waals surface area contributed by atoms with Crippen LogP contribution in [0.15, 0.2) is 30.3 Å². The highest BCUT2D eigenvalue weighted by Crippen LogP contribution is 2.19. The van der Waals surface area contributed by atoms with Crippen LogP contribution >= 0.6 is 0 Å². The number of para-hydroxylation sites is 1. The molecule has 1 aliphatic rings. The first-order valence-electron chi connectivity index (χ1n) is 5.02. The van der Waals surface area contributed by atoms with Crippen molar-refractivity contribution in [2.24, 2.45) is 0 Å². The van der Waals surface area contributed by atoms with Crippen molar-refractivity contribution >= 4 is 17.7 Å². The van der Waals surface area contributed by atoms with E-state index in [4.69, 9.17) is 5.11 Å². The number of nitrogens with zero attached hydrogens (tertiary/aromatic N) is 2. The van der Waals surface area contributed by atoms with Crippen molar-refractivity contribution in [3.05, 3.63) is 30.3 Å². The lowest BCUT2D eigenvalue weighted by atomic mass is 10.3. The average molecular weight is 220 g/mol. The van der Waals surface area contributed by atoms with Crippen molar-refractivity contribution in [1.29, 1.82) is 0 Å². The van der Waals surface area contributed by atoms with Crippen LogP contribution in [-0.4, -0.2) is 41.6 Å². The van der Waals surface area contributed by atoms with E-state index < -0.39 is 5.97 Å².